The van der Waals surface area contributed by atoms with Crippen LogP contribution in [-0.2, 0) is 6.54 Å². The zero-order valence-corrected chi connectivity index (χ0v) is 14.3. The third-order valence-corrected chi connectivity index (χ3v) is 5.02. The van der Waals surface area contributed by atoms with E-state index in [4.69, 9.17) is 0 Å². The average molecular weight is 436 g/mol. The van der Waals surface area contributed by atoms with Gasteiger partial charge in [0.25, 0.3) is 5.91 Å². The molecule has 5 heteroatoms. The van der Waals surface area contributed by atoms with E-state index < -0.39 is 0 Å². The largest absolute Gasteiger partial charge is 0.337 e. The summed E-state index contributed by atoms with van der Waals surface area (Å²) in [5, 5.41) is 0. The van der Waals surface area contributed by atoms with Crippen LogP contribution in [0.1, 0.15) is 15.2 Å². The number of nitrogens with zero attached hydrogens (tertiary/aromatic N) is 1. The van der Waals surface area contributed by atoms with Crippen molar-refractivity contribution in [2.45, 2.75) is 6.54 Å². The van der Waals surface area contributed by atoms with Gasteiger partial charge in [0.15, 0.2) is 0 Å². The zero-order valence-electron chi connectivity index (χ0n) is 9.69. The summed E-state index contributed by atoms with van der Waals surface area (Å²) in [5.74, 6) is 0.0597. The van der Waals surface area contributed by atoms with E-state index in [0.29, 0.717) is 6.54 Å². The molecule has 1 aromatic heterocycles. The Morgan fingerprint density at radius 1 is 1.33 bits per heavy atom. The van der Waals surface area contributed by atoms with Gasteiger partial charge in [0.05, 0.1) is 15.9 Å². The summed E-state index contributed by atoms with van der Waals surface area (Å²) in [5.41, 5.74) is 0.760. The van der Waals surface area contributed by atoms with Crippen LogP contribution in [0.2, 0.25) is 0 Å². The lowest BCUT2D eigenvalue weighted by Gasteiger charge is -2.17. The number of halogens is 2. The molecule has 0 aliphatic rings. The van der Waals surface area contributed by atoms with E-state index in [2.05, 4.69) is 38.5 Å². The highest BCUT2D eigenvalue weighted by atomic mass is 127. The zero-order chi connectivity index (χ0) is 13.1. The van der Waals surface area contributed by atoms with Crippen molar-refractivity contribution in [3.63, 3.8) is 0 Å². The lowest BCUT2D eigenvalue weighted by Crippen LogP contribution is -2.26. The molecule has 0 aliphatic carbocycles. The number of hydrogen-bond acceptors (Lipinski definition) is 2. The second-order valence-electron chi connectivity index (χ2n) is 3.85. The van der Waals surface area contributed by atoms with E-state index in [1.165, 1.54) is 4.88 Å². The molecule has 94 valence electrons. The van der Waals surface area contributed by atoms with Crippen molar-refractivity contribution in [2.75, 3.05) is 7.05 Å². The molecule has 2 aromatic rings. The minimum atomic E-state index is 0.0597. The van der Waals surface area contributed by atoms with Crippen molar-refractivity contribution in [1.29, 1.82) is 0 Å². The van der Waals surface area contributed by atoms with Gasteiger partial charge in [0.2, 0.25) is 0 Å². The van der Waals surface area contributed by atoms with Crippen LogP contribution in [0.3, 0.4) is 0 Å². The molecule has 0 saturated carbocycles. The molecule has 0 atom stereocenters. The standard InChI is InChI=1S/C13H11BrINOS/c1-16(8-9-6-7-12(14)18-9)13(17)10-4-2-3-5-11(10)15/h2-7H,8H2,1H3. The van der Waals surface area contributed by atoms with E-state index >= 15 is 0 Å². The van der Waals surface area contributed by atoms with Crippen LogP contribution in [0.4, 0.5) is 0 Å². The second kappa shape index (κ2) is 6.16. The van der Waals surface area contributed by atoms with Crippen molar-refractivity contribution < 1.29 is 4.79 Å². The molecule has 0 spiro atoms. The molecule has 1 amide bonds. The number of amides is 1. The Bertz CT molecular complexity index is 570. The first kappa shape index (κ1) is 14.0. The summed E-state index contributed by atoms with van der Waals surface area (Å²) in [6, 6.07) is 11.7. The van der Waals surface area contributed by atoms with Crippen molar-refractivity contribution in [3.8, 4) is 0 Å². The maximum atomic E-state index is 12.3. The van der Waals surface area contributed by atoms with Gasteiger partial charge in [0, 0.05) is 15.5 Å². The first-order valence-corrected chi connectivity index (χ1v) is 8.01. The third-order valence-electron chi connectivity index (χ3n) is 2.47. The van der Waals surface area contributed by atoms with Gasteiger partial charge in [-0.25, -0.2) is 0 Å². The maximum absolute atomic E-state index is 12.3. The van der Waals surface area contributed by atoms with E-state index in [1.807, 2.05) is 43.4 Å². The van der Waals surface area contributed by atoms with E-state index in [-0.39, 0.29) is 5.91 Å². The summed E-state index contributed by atoms with van der Waals surface area (Å²) >= 11 is 7.27. The predicted octanol–water partition coefficient (Wildman–Crippen LogP) is 4.39. The second-order valence-corrected chi connectivity index (χ2v) is 7.56. The summed E-state index contributed by atoms with van der Waals surface area (Å²) in [4.78, 5) is 15.2. The van der Waals surface area contributed by atoms with Crippen molar-refractivity contribution in [1.82, 2.24) is 4.90 Å². The molecule has 0 N–H and O–H groups in total. The Morgan fingerprint density at radius 3 is 2.67 bits per heavy atom. The van der Waals surface area contributed by atoms with Crippen LogP contribution < -0.4 is 0 Å². The van der Waals surface area contributed by atoms with Crippen LogP contribution in [-0.4, -0.2) is 17.9 Å². The Morgan fingerprint density at radius 2 is 2.06 bits per heavy atom. The minimum absolute atomic E-state index is 0.0597. The van der Waals surface area contributed by atoms with Gasteiger partial charge in [-0.15, -0.1) is 11.3 Å². The van der Waals surface area contributed by atoms with Crippen LogP contribution >= 0.6 is 49.9 Å². The molecule has 1 heterocycles. The predicted molar refractivity (Wildman–Crippen MR) is 87.0 cm³/mol. The Labute approximate surface area is 132 Å². The fraction of sp³-hybridized carbons (Fsp3) is 0.154. The molecule has 0 fully saturated rings. The fourth-order valence-electron chi connectivity index (χ4n) is 1.58. The highest BCUT2D eigenvalue weighted by molar-refractivity contribution is 14.1. The van der Waals surface area contributed by atoms with E-state index in [9.17, 15) is 4.79 Å². The minimum Gasteiger partial charge on any atom is -0.337 e. The number of thiophene rings is 1. The van der Waals surface area contributed by atoms with Gasteiger partial charge >= 0.3 is 0 Å². The molecule has 1 aromatic carbocycles. The van der Waals surface area contributed by atoms with Crippen molar-refractivity contribution in [3.05, 3.63) is 54.2 Å². The summed E-state index contributed by atoms with van der Waals surface area (Å²) in [6.07, 6.45) is 0. The smallest absolute Gasteiger partial charge is 0.254 e. The molecule has 2 rings (SSSR count). The SMILES string of the molecule is CN(Cc1ccc(Br)s1)C(=O)c1ccccc1I. The topological polar surface area (TPSA) is 20.3 Å². The highest BCUT2D eigenvalue weighted by Crippen LogP contribution is 2.23. The number of carbonyl (C=O) groups excluding carboxylic acids is 1. The van der Waals surface area contributed by atoms with Gasteiger partial charge < -0.3 is 4.90 Å². The summed E-state index contributed by atoms with van der Waals surface area (Å²) in [6.45, 7) is 0.639. The summed E-state index contributed by atoms with van der Waals surface area (Å²) < 4.78 is 2.08. The monoisotopic (exact) mass is 435 g/mol. The molecule has 0 unspecified atom stereocenters. The van der Waals surface area contributed by atoms with Crippen molar-refractivity contribution >= 4 is 55.8 Å². The van der Waals surface area contributed by atoms with Crippen LogP contribution in [0, 0.1) is 3.57 Å². The molecular formula is C13H11BrINOS. The molecular weight excluding hydrogens is 425 g/mol. The number of benzene rings is 1. The normalized spacial score (nSPS) is 10.4. The highest BCUT2D eigenvalue weighted by Gasteiger charge is 2.15. The number of rotatable bonds is 3. The van der Waals surface area contributed by atoms with Gasteiger partial charge in [-0.3, -0.25) is 4.79 Å². The average Bonchev–Trinajstić information content (AvgIpc) is 2.74. The Kier molecular flexibility index (Phi) is 4.80. The van der Waals surface area contributed by atoms with Gasteiger partial charge in [-0.05, 0) is 62.8 Å². The quantitative estimate of drug-likeness (QED) is 0.655. The molecule has 0 bridgehead atoms. The maximum Gasteiger partial charge on any atom is 0.254 e. The Balaban J connectivity index is 2.12. The Hall–Kier alpha value is -0.400. The third kappa shape index (κ3) is 3.33. The lowest BCUT2D eigenvalue weighted by atomic mass is 10.2. The molecule has 18 heavy (non-hydrogen) atoms. The lowest BCUT2D eigenvalue weighted by molar-refractivity contribution is 0.0785. The van der Waals surface area contributed by atoms with Crippen LogP contribution in [0.5, 0.6) is 0 Å². The van der Waals surface area contributed by atoms with E-state index in [1.54, 1.807) is 16.2 Å². The van der Waals surface area contributed by atoms with Gasteiger partial charge in [-0.2, -0.15) is 0 Å². The molecule has 0 aliphatic heterocycles. The first-order chi connectivity index (χ1) is 8.58. The number of carbonyl (C=O) groups is 1. The van der Waals surface area contributed by atoms with Crippen LogP contribution in [0.25, 0.3) is 0 Å². The van der Waals surface area contributed by atoms with Crippen LogP contribution in [0.15, 0.2) is 40.2 Å². The first-order valence-electron chi connectivity index (χ1n) is 5.32. The van der Waals surface area contributed by atoms with Gasteiger partial charge in [0.1, 0.15) is 0 Å². The molecule has 0 saturated heterocycles. The summed E-state index contributed by atoms with van der Waals surface area (Å²) in [7, 11) is 1.83. The van der Waals surface area contributed by atoms with Crippen molar-refractivity contribution in [2.24, 2.45) is 0 Å². The molecule has 2 nitrogen and oxygen atoms in total. The van der Waals surface area contributed by atoms with Gasteiger partial charge in [-0.1, -0.05) is 12.1 Å². The molecule has 0 radical (unpaired) electrons. The fourth-order valence-corrected chi connectivity index (χ4v) is 3.74. The number of hydrogen-bond donors (Lipinski definition) is 0. The van der Waals surface area contributed by atoms with E-state index in [0.717, 1.165) is 12.9 Å².